The summed E-state index contributed by atoms with van der Waals surface area (Å²) in [5.74, 6) is 1.63. The normalized spacial score (nSPS) is 28.5. The van der Waals surface area contributed by atoms with Crippen LogP contribution in [0.1, 0.15) is 95.6 Å². The average molecular weight is 435 g/mol. The van der Waals surface area contributed by atoms with Gasteiger partial charge in [-0.15, -0.1) is 0 Å². The second-order valence-electron chi connectivity index (χ2n) is 10.3. The van der Waals surface area contributed by atoms with Crippen LogP contribution in [0.5, 0.6) is 0 Å². The van der Waals surface area contributed by atoms with Gasteiger partial charge in [-0.3, -0.25) is 0 Å². The molecule has 2 aromatic rings. The first-order valence-electron chi connectivity index (χ1n) is 13.1. The molecule has 0 spiro atoms. The molecule has 4 rings (SSSR count). The van der Waals surface area contributed by atoms with E-state index in [0.29, 0.717) is 5.92 Å². The van der Waals surface area contributed by atoms with E-state index in [9.17, 15) is 0 Å². The second-order valence-corrected chi connectivity index (χ2v) is 10.3. The van der Waals surface area contributed by atoms with Gasteiger partial charge in [-0.1, -0.05) is 88.1 Å². The van der Waals surface area contributed by atoms with Crippen molar-refractivity contribution in [3.8, 4) is 11.1 Å². The van der Waals surface area contributed by atoms with Crippen molar-refractivity contribution in [1.29, 1.82) is 0 Å². The molecule has 0 amide bonds. The Morgan fingerprint density at radius 1 is 0.719 bits per heavy atom. The first-order valence-corrected chi connectivity index (χ1v) is 13.1. The van der Waals surface area contributed by atoms with E-state index in [-0.39, 0.29) is 0 Å². The molecule has 1 saturated carbocycles. The van der Waals surface area contributed by atoms with Crippen LogP contribution in [0.25, 0.3) is 11.1 Å². The highest BCUT2D eigenvalue weighted by Gasteiger charge is 2.34. The highest BCUT2D eigenvalue weighted by molar-refractivity contribution is 5.64. The minimum Gasteiger partial charge on any atom is -0.346 e. The lowest BCUT2D eigenvalue weighted by Gasteiger charge is -2.38. The molecule has 0 aromatic heterocycles. The predicted octanol–water partition coefficient (Wildman–Crippen LogP) is 8.45. The summed E-state index contributed by atoms with van der Waals surface area (Å²) in [5, 5.41) is 0. The molecule has 1 heterocycles. The molecule has 2 nitrogen and oxygen atoms in total. The third-order valence-electron chi connectivity index (χ3n) is 7.82. The van der Waals surface area contributed by atoms with Crippen molar-refractivity contribution in [2.24, 2.45) is 11.8 Å². The van der Waals surface area contributed by atoms with Gasteiger partial charge in [0, 0.05) is 11.5 Å². The Bertz CT molecular complexity index is 807. The first-order chi connectivity index (χ1) is 15.6. The van der Waals surface area contributed by atoms with Gasteiger partial charge >= 0.3 is 0 Å². The van der Waals surface area contributed by atoms with Crippen LogP contribution in [0.3, 0.4) is 0 Å². The Hall–Kier alpha value is -1.64. The summed E-state index contributed by atoms with van der Waals surface area (Å²) in [6.45, 7) is 8.20. The van der Waals surface area contributed by atoms with E-state index in [4.69, 9.17) is 9.47 Å². The zero-order valence-corrected chi connectivity index (χ0v) is 20.4. The average Bonchev–Trinajstić information content (AvgIpc) is 2.85. The molecule has 32 heavy (non-hydrogen) atoms. The van der Waals surface area contributed by atoms with Crippen LogP contribution in [0.15, 0.2) is 48.5 Å². The van der Waals surface area contributed by atoms with E-state index in [1.165, 1.54) is 74.5 Å². The molecule has 1 aliphatic heterocycles. The zero-order chi connectivity index (χ0) is 22.4. The number of ether oxygens (including phenoxy) is 2. The fraction of sp³-hybridized carbons (Fsp3) is 0.600. The molecule has 174 valence electrons. The number of hydrogen-bond donors (Lipinski definition) is 0. The topological polar surface area (TPSA) is 18.5 Å². The summed E-state index contributed by atoms with van der Waals surface area (Å²) >= 11 is 0. The van der Waals surface area contributed by atoms with Gasteiger partial charge in [0.15, 0.2) is 5.79 Å². The summed E-state index contributed by atoms with van der Waals surface area (Å²) in [4.78, 5) is 0. The minimum atomic E-state index is -0.623. The van der Waals surface area contributed by atoms with Crippen molar-refractivity contribution < 1.29 is 9.47 Å². The Labute approximate surface area is 195 Å². The lowest BCUT2D eigenvalue weighted by atomic mass is 9.77. The number of unbranched alkanes of at least 4 members (excludes halogenated alkanes) is 1. The molecule has 0 N–H and O–H groups in total. The molecular formula is C30H42O2. The smallest absolute Gasteiger partial charge is 0.191 e. The summed E-state index contributed by atoms with van der Waals surface area (Å²) in [5.41, 5.74) is 5.17. The van der Waals surface area contributed by atoms with Crippen LogP contribution in [0.2, 0.25) is 0 Å². The van der Waals surface area contributed by atoms with Crippen LogP contribution in [-0.2, 0) is 15.3 Å². The summed E-state index contributed by atoms with van der Waals surface area (Å²) in [7, 11) is 0. The lowest BCUT2D eigenvalue weighted by Crippen LogP contribution is -2.39. The Morgan fingerprint density at radius 3 is 1.88 bits per heavy atom. The maximum absolute atomic E-state index is 6.19. The maximum Gasteiger partial charge on any atom is 0.191 e. The quantitative estimate of drug-likeness (QED) is 0.415. The standard InChI is InChI=1S/C30H42O2/c1-4-6-8-24-21-31-30(3,32-22-24)29-19-17-28(18-20-29)27-15-13-26(14-16-27)25-11-9-23(7-5-2)10-12-25/h13-20,23-25H,4-12,21-22H2,1-3H3/t23-,24-,25-,30-. The van der Waals surface area contributed by atoms with Gasteiger partial charge in [-0.2, -0.15) is 0 Å². The van der Waals surface area contributed by atoms with Crippen LogP contribution in [0, 0.1) is 11.8 Å². The molecule has 0 radical (unpaired) electrons. The van der Waals surface area contributed by atoms with Crippen molar-refractivity contribution in [2.75, 3.05) is 13.2 Å². The van der Waals surface area contributed by atoms with Crippen LogP contribution >= 0.6 is 0 Å². The van der Waals surface area contributed by atoms with E-state index < -0.39 is 5.79 Å². The third kappa shape index (κ3) is 5.64. The van der Waals surface area contributed by atoms with Crippen molar-refractivity contribution in [3.05, 3.63) is 59.7 Å². The predicted molar refractivity (Wildman–Crippen MR) is 134 cm³/mol. The third-order valence-corrected chi connectivity index (χ3v) is 7.82. The summed E-state index contributed by atoms with van der Waals surface area (Å²) in [6.07, 6.45) is 12.0. The van der Waals surface area contributed by atoms with Gasteiger partial charge < -0.3 is 9.47 Å². The number of hydrogen-bond acceptors (Lipinski definition) is 2. The van der Waals surface area contributed by atoms with E-state index in [1.807, 2.05) is 0 Å². The molecule has 1 saturated heterocycles. The van der Waals surface area contributed by atoms with Crippen LogP contribution in [-0.4, -0.2) is 13.2 Å². The summed E-state index contributed by atoms with van der Waals surface area (Å²) in [6, 6.07) is 18.1. The zero-order valence-electron chi connectivity index (χ0n) is 20.4. The van der Waals surface area contributed by atoms with E-state index in [2.05, 4.69) is 69.3 Å². The molecule has 2 heteroatoms. The van der Waals surface area contributed by atoms with Gasteiger partial charge in [-0.25, -0.2) is 0 Å². The van der Waals surface area contributed by atoms with Crippen molar-refractivity contribution in [2.45, 2.75) is 90.3 Å². The highest BCUT2D eigenvalue weighted by atomic mass is 16.7. The van der Waals surface area contributed by atoms with E-state index in [1.54, 1.807) is 0 Å². The van der Waals surface area contributed by atoms with Gasteiger partial charge in [0.25, 0.3) is 0 Å². The monoisotopic (exact) mass is 434 g/mol. The molecule has 0 atom stereocenters. The van der Waals surface area contributed by atoms with Crippen molar-refractivity contribution >= 4 is 0 Å². The molecule has 0 unspecified atom stereocenters. The van der Waals surface area contributed by atoms with Gasteiger partial charge in [-0.05, 0) is 67.6 Å². The number of benzene rings is 2. The molecule has 1 aliphatic carbocycles. The van der Waals surface area contributed by atoms with E-state index in [0.717, 1.165) is 30.6 Å². The van der Waals surface area contributed by atoms with Crippen LogP contribution in [0.4, 0.5) is 0 Å². The van der Waals surface area contributed by atoms with Crippen molar-refractivity contribution in [3.63, 3.8) is 0 Å². The second kappa shape index (κ2) is 11.0. The number of rotatable bonds is 8. The van der Waals surface area contributed by atoms with Gasteiger partial charge in [0.1, 0.15) is 0 Å². The Kier molecular flexibility index (Phi) is 8.07. The highest BCUT2D eigenvalue weighted by Crippen LogP contribution is 2.38. The molecule has 0 bridgehead atoms. The fourth-order valence-corrected chi connectivity index (χ4v) is 5.58. The van der Waals surface area contributed by atoms with Crippen molar-refractivity contribution in [1.82, 2.24) is 0 Å². The minimum absolute atomic E-state index is 0.530. The summed E-state index contributed by atoms with van der Waals surface area (Å²) < 4.78 is 12.4. The first kappa shape index (κ1) is 23.5. The maximum atomic E-state index is 6.19. The van der Waals surface area contributed by atoms with Crippen LogP contribution < -0.4 is 0 Å². The Morgan fingerprint density at radius 2 is 1.31 bits per heavy atom. The molecular weight excluding hydrogens is 392 g/mol. The van der Waals surface area contributed by atoms with Gasteiger partial charge in [0.2, 0.25) is 0 Å². The molecule has 2 fully saturated rings. The Balaban J connectivity index is 1.35. The van der Waals surface area contributed by atoms with Gasteiger partial charge in [0.05, 0.1) is 13.2 Å². The molecule has 2 aromatic carbocycles. The SMILES string of the molecule is CCCC[C@H]1CO[C@](C)(c2ccc(-c3ccc([C@H]4CC[C@H](CCC)CC4)cc3)cc2)OC1. The fourth-order valence-electron chi connectivity index (χ4n) is 5.58. The molecule has 2 aliphatic rings. The lowest BCUT2D eigenvalue weighted by molar-refractivity contribution is -0.282. The largest absolute Gasteiger partial charge is 0.346 e. The van der Waals surface area contributed by atoms with E-state index >= 15 is 0 Å².